The van der Waals surface area contributed by atoms with Gasteiger partial charge in [-0.25, -0.2) is 4.98 Å². The zero-order valence-corrected chi connectivity index (χ0v) is 15.9. The quantitative estimate of drug-likeness (QED) is 0.603. The summed E-state index contributed by atoms with van der Waals surface area (Å²) in [7, 11) is 1.66. The number of methoxy groups -OCH3 is 1. The molecule has 0 atom stereocenters. The highest BCUT2D eigenvalue weighted by molar-refractivity contribution is 7.98. The van der Waals surface area contributed by atoms with Crippen molar-refractivity contribution in [3.8, 4) is 11.8 Å². The Labute approximate surface area is 163 Å². The molecule has 0 radical (unpaired) electrons. The zero-order chi connectivity index (χ0) is 19.1. The summed E-state index contributed by atoms with van der Waals surface area (Å²) < 4.78 is 7.26. The molecule has 0 spiro atoms. The van der Waals surface area contributed by atoms with Crippen LogP contribution in [-0.2, 0) is 25.3 Å². The molecule has 0 aliphatic heterocycles. The van der Waals surface area contributed by atoms with Crippen LogP contribution >= 0.6 is 11.8 Å². The first-order chi connectivity index (χ1) is 13.2. The lowest BCUT2D eigenvalue weighted by Crippen LogP contribution is -2.07. The Morgan fingerprint density at radius 1 is 1.11 bits per heavy atom. The largest absolute Gasteiger partial charge is 0.497 e. The summed E-state index contributed by atoms with van der Waals surface area (Å²) in [5.41, 5.74) is 3.81. The Bertz CT molecular complexity index is 912. The number of benzene rings is 2. The summed E-state index contributed by atoms with van der Waals surface area (Å²) in [5, 5.41) is 19.4. The second-order valence-corrected chi connectivity index (χ2v) is 6.98. The number of aliphatic hydroxyl groups is 1. The second-order valence-electron chi connectivity index (χ2n) is 6.04. The van der Waals surface area contributed by atoms with Gasteiger partial charge in [-0.05, 0) is 41.8 Å². The molecule has 3 rings (SSSR count). The Morgan fingerprint density at radius 2 is 1.81 bits per heavy atom. The lowest BCUT2D eigenvalue weighted by molar-refractivity contribution is 0.269. The monoisotopic (exact) mass is 379 g/mol. The molecule has 1 aromatic heterocycles. The third kappa shape index (κ3) is 4.91. The topological polar surface area (TPSA) is 71.1 Å². The van der Waals surface area contributed by atoms with Crippen LogP contribution in [0.3, 0.4) is 0 Å². The van der Waals surface area contributed by atoms with Crippen LogP contribution in [0.25, 0.3) is 0 Å². The third-order valence-electron chi connectivity index (χ3n) is 4.30. The number of rotatable bonds is 8. The molecule has 0 saturated heterocycles. The molecule has 5 nitrogen and oxygen atoms in total. The fourth-order valence-electron chi connectivity index (χ4n) is 2.73. The molecule has 27 heavy (non-hydrogen) atoms. The van der Waals surface area contributed by atoms with Gasteiger partial charge in [0.2, 0.25) is 0 Å². The molecule has 0 amide bonds. The first kappa shape index (κ1) is 19.0. The van der Waals surface area contributed by atoms with Crippen molar-refractivity contribution in [1.82, 2.24) is 9.55 Å². The summed E-state index contributed by atoms with van der Waals surface area (Å²) in [6.07, 6.45) is 2.58. The maximum absolute atomic E-state index is 9.62. The van der Waals surface area contributed by atoms with Crippen molar-refractivity contribution < 1.29 is 9.84 Å². The fraction of sp³-hybridized carbons (Fsp3) is 0.238. The highest BCUT2D eigenvalue weighted by atomic mass is 32.2. The maximum atomic E-state index is 9.62. The number of hydrogen-bond acceptors (Lipinski definition) is 5. The van der Waals surface area contributed by atoms with Gasteiger partial charge in [0, 0.05) is 12.3 Å². The van der Waals surface area contributed by atoms with E-state index < -0.39 is 0 Å². The van der Waals surface area contributed by atoms with Gasteiger partial charge in [0.25, 0.3) is 0 Å². The van der Waals surface area contributed by atoms with E-state index in [1.54, 1.807) is 25.1 Å². The Hall–Kier alpha value is -2.75. The number of aliphatic hydroxyl groups excluding tert-OH is 1. The molecule has 138 valence electrons. The minimum atomic E-state index is -0.0347. The molecule has 1 heterocycles. The van der Waals surface area contributed by atoms with Crippen LogP contribution in [-0.4, -0.2) is 21.8 Å². The summed E-state index contributed by atoms with van der Waals surface area (Å²) in [5.74, 6) is 1.60. The molecule has 3 aromatic rings. The maximum Gasteiger partial charge on any atom is 0.168 e. The fourth-order valence-corrected chi connectivity index (χ4v) is 3.71. The molecule has 1 N–H and O–H groups in total. The van der Waals surface area contributed by atoms with Gasteiger partial charge in [0.05, 0.1) is 37.2 Å². The molecule has 0 unspecified atom stereocenters. The van der Waals surface area contributed by atoms with E-state index >= 15 is 0 Å². The predicted molar refractivity (Wildman–Crippen MR) is 106 cm³/mol. The average molecular weight is 379 g/mol. The van der Waals surface area contributed by atoms with Crippen LogP contribution in [0, 0.1) is 11.3 Å². The van der Waals surface area contributed by atoms with Crippen molar-refractivity contribution in [2.75, 3.05) is 7.11 Å². The van der Waals surface area contributed by atoms with Crippen LogP contribution in [0.1, 0.15) is 22.4 Å². The molecule has 0 aliphatic carbocycles. The van der Waals surface area contributed by atoms with Crippen molar-refractivity contribution in [1.29, 1.82) is 5.26 Å². The third-order valence-corrected chi connectivity index (χ3v) is 5.36. The average Bonchev–Trinajstić information content (AvgIpc) is 3.13. The predicted octanol–water partition coefficient (Wildman–Crippen LogP) is 3.79. The normalized spacial score (nSPS) is 10.6. The summed E-state index contributed by atoms with van der Waals surface area (Å²) >= 11 is 1.63. The Kier molecular flexibility index (Phi) is 6.53. The minimum Gasteiger partial charge on any atom is -0.497 e. The first-order valence-electron chi connectivity index (χ1n) is 8.63. The Balaban J connectivity index is 1.67. The van der Waals surface area contributed by atoms with E-state index in [1.165, 1.54) is 5.56 Å². The number of aromatic nitrogens is 2. The van der Waals surface area contributed by atoms with E-state index in [4.69, 9.17) is 10.00 Å². The van der Waals surface area contributed by atoms with Crippen molar-refractivity contribution in [3.05, 3.63) is 77.1 Å². The molecular formula is C21H21N3O2S. The standard InChI is InChI=1S/C21H21N3O2S/c1-26-20-8-6-16(7-9-20)10-11-24-19(14-25)13-23-21(24)27-15-18-4-2-17(12-22)3-5-18/h2-9,13,25H,10-11,14-15H2,1H3. The van der Waals surface area contributed by atoms with Gasteiger partial charge in [0.15, 0.2) is 5.16 Å². The van der Waals surface area contributed by atoms with E-state index in [2.05, 4.69) is 27.8 Å². The number of ether oxygens (including phenoxy) is 1. The van der Waals surface area contributed by atoms with E-state index in [0.29, 0.717) is 5.56 Å². The van der Waals surface area contributed by atoms with Crippen molar-refractivity contribution >= 4 is 11.8 Å². The van der Waals surface area contributed by atoms with Gasteiger partial charge in [-0.2, -0.15) is 5.26 Å². The lowest BCUT2D eigenvalue weighted by Gasteiger charge is -2.11. The van der Waals surface area contributed by atoms with Crippen LogP contribution in [0.15, 0.2) is 59.9 Å². The molecule has 0 bridgehead atoms. The number of nitrogens with zero attached hydrogens (tertiary/aromatic N) is 3. The molecule has 2 aromatic carbocycles. The van der Waals surface area contributed by atoms with Crippen LogP contribution in [0.4, 0.5) is 0 Å². The Morgan fingerprint density at radius 3 is 2.44 bits per heavy atom. The van der Waals surface area contributed by atoms with E-state index in [9.17, 15) is 5.11 Å². The SMILES string of the molecule is COc1ccc(CCn2c(CO)cnc2SCc2ccc(C#N)cc2)cc1. The van der Waals surface area contributed by atoms with Gasteiger partial charge in [-0.1, -0.05) is 36.0 Å². The molecular weight excluding hydrogens is 358 g/mol. The lowest BCUT2D eigenvalue weighted by atomic mass is 10.1. The van der Waals surface area contributed by atoms with Crippen molar-refractivity contribution in [2.45, 2.75) is 30.5 Å². The van der Waals surface area contributed by atoms with Crippen LogP contribution in [0.5, 0.6) is 5.75 Å². The summed E-state index contributed by atoms with van der Waals surface area (Å²) in [6, 6.07) is 17.7. The molecule has 0 aliphatic rings. The highest BCUT2D eigenvalue weighted by Crippen LogP contribution is 2.24. The molecule has 0 saturated carbocycles. The van der Waals surface area contributed by atoms with E-state index in [0.717, 1.165) is 40.9 Å². The molecule has 0 fully saturated rings. The van der Waals surface area contributed by atoms with E-state index in [1.807, 2.05) is 36.4 Å². The number of aryl methyl sites for hydroxylation is 1. The van der Waals surface area contributed by atoms with Gasteiger partial charge < -0.3 is 14.4 Å². The van der Waals surface area contributed by atoms with Gasteiger partial charge >= 0.3 is 0 Å². The number of hydrogen-bond donors (Lipinski definition) is 1. The second kappa shape index (κ2) is 9.26. The number of nitriles is 1. The van der Waals surface area contributed by atoms with E-state index in [-0.39, 0.29) is 6.61 Å². The van der Waals surface area contributed by atoms with Gasteiger partial charge in [-0.3, -0.25) is 0 Å². The van der Waals surface area contributed by atoms with Gasteiger partial charge in [-0.15, -0.1) is 0 Å². The summed E-state index contributed by atoms with van der Waals surface area (Å²) in [6.45, 7) is 0.713. The van der Waals surface area contributed by atoms with Crippen molar-refractivity contribution in [3.63, 3.8) is 0 Å². The van der Waals surface area contributed by atoms with Crippen LogP contribution in [0.2, 0.25) is 0 Å². The minimum absolute atomic E-state index is 0.0347. The molecule has 6 heteroatoms. The zero-order valence-electron chi connectivity index (χ0n) is 15.1. The van der Waals surface area contributed by atoms with Gasteiger partial charge in [0.1, 0.15) is 5.75 Å². The number of thioether (sulfide) groups is 1. The summed E-state index contributed by atoms with van der Waals surface area (Å²) in [4.78, 5) is 4.47. The van der Waals surface area contributed by atoms with Crippen molar-refractivity contribution in [2.24, 2.45) is 0 Å². The first-order valence-corrected chi connectivity index (χ1v) is 9.62. The highest BCUT2D eigenvalue weighted by Gasteiger charge is 2.10. The smallest absolute Gasteiger partial charge is 0.168 e. The van der Waals surface area contributed by atoms with Crippen LogP contribution < -0.4 is 4.74 Å². The number of imidazole rings is 1.